The van der Waals surface area contributed by atoms with Crippen molar-refractivity contribution in [3.05, 3.63) is 59.9 Å². The second-order valence-corrected chi connectivity index (χ2v) is 6.73. The van der Waals surface area contributed by atoms with Crippen LogP contribution in [-0.4, -0.2) is 61.9 Å². The molecule has 3 aromatic rings. The molecule has 0 aliphatic carbocycles. The molecule has 31 heavy (non-hydrogen) atoms. The van der Waals surface area contributed by atoms with Gasteiger partial charge in [-0.15, -0.1) is 0 Å². The molecule has 0 atom stereocenters. The van der Waals surface area contributed by atoms with Crippen molar-refractivity contribution in [2.24, 2.45) is 0 Å². The van der Waals surface area contributed by atoms with E-state index in [1.807, 2.05) is 30.3 Å². The lowest BCUT2D eigenvalue weighted by atomic mass is 10.1. The van der Waals surface area contributed by atoms with Crippen LogP contribution >= 0.6 is 0 Å². The van der Waals surface area contributed by atoms with Crippen molar-refractivity contribution in [3.8, 4) is 22.9 Å². The third-order valence-corrected chi connectivity index (χ3v) is 4.54. The molecule has 1 aromatic heterocycles. The first-order chi connectivity index (χ1) is 14.9. The summed E-state index contributed by atoms with van der Waals surface area (Å²) in [5.74, 6) is 0.193. The Hall–Kier alpha value is -4.01. The number of carbonyl (C=O) groups is 2. The standard InChI is InChI=1S/C22H24N4O5/c1-25(2)22(28)15-11-17(29-3)18(30-4)12-16(15)23-21(27)20-19(31-5)13-26(24-20)14-9-7-6-8-10-14/h6-13H,1-5H3,(H,23,27). The Morgan fingerprint density at radius 1 is 0.935 bits per heavy atom. The van der Waals surface area contributed by atoms with E-state index in [0.29, 0.717) is 17.2 Å². The second-order valence-electron chi connectivity index (χ2n) is 6.73. The Labute approximate surface area is 180 Å². The number of para-hydroxylation sites is 1. The van der Waals surface area contributed by atoms with Gasteiger partial charge in [-0.05, 0) is 18.2 Å². The number of hydrogen-bond acceptors (Lipinski definition) is 6. The molecule has 1 N–H and O–H groups in total. The number of nitrogens with zero attached hydrogens (tertiary/aromatic N) is 3. The molecule has 1 heterocycles. The topological polar surface area (TPSA) is 94.9 Å². The highest BCUT2D eigenvalue weighted by molar-refractivity contribution is 6.09. The summed E-state index contributed by atoms with van der Waals surface area (Å²) in [5.41, 5.74) is 1.36. The lowest BCUT2D eigenvalue weighted by molar-refractivity contribution is 0.0828. The van der Waals surface area contributed by atoms with Gasteiger partial charge in [-0.3, -0.25) is 9.59 Å². The molecule has 0 aliphatic heterocycles. The second kappa shape index (κ2) is 9.21. The molecular weight excluding hydrogens is 400 g/mol. The zero-order chi connectivity index (χ0) is 22.5. The molecule has 0 aliphatic rings. The average Bonchev–Trinajstić information content (AvgIpc) is 3.23. The number of nitrogens with one attached hydrogen (secondary N) is 1. The van der Waals surface area contributed by atoms with Gasteiger partial charge in [0.15, 0.2) is 22.9 Å². The van der Waals surface area contributed by atoms with Gasteiger partial charge in [0.2, 0.25) is 0 Å². The Morgan fingerprint density at radius 3 is 2.13 bits per heavy atom. The van der Waals surface area contributed by atoms with Gasteiger partial charge in [0.1, 0.15) is 0 Å². The smallest absolute Gasteiger partial charge is 0.280 e. The molecule has 0 spiro atoms. The highest BCUT2D eigenvalue weighted by Crippen LogP contribution is 2.34. The first-order valence-corrected chi connectivity index (χ1v) is 9.37. The maximum atomic E-state index is 13.1. The van der Waals surface area contributed by atoms with Crippen LogP contribution < -0.4 is 19.5 Å². The van der Waals surface area contributed by atoms with Crippen molar-refractivity contribution in [1.29, 1.82) is 0 Å². The van der Waals surface area contributed by atoms with E-state index in [1.54, 1.807) is 25.0 Å². The van der Waals surface area contributed by atoms with E-state index >= 15 is 0 Å². The number of rotatable bonds is 7. The van der Waals surface area contributed by atoms with Crippen LogP contribution in [0.4, 0.5) is 5.69 Å². The van der Waals surface area contributed by atoms with E-state index in [9.17, 15) is 9.59 Å². The highest BCUT2D eigenvalue weighted by Gasteiger charge is 2.23. The maximum Gasteiger partial charge on any atom is 0.280 e. The van der Waals surface area contributed by atoms with Crippen LogP contribution in [0.5, 0.6) is 17.2 Å². The summed E-state index contributed by atoms with van der Waals surface area (Å²) in [6.45, 7) is 0. The van der Waals surface area contributed by atoms with Crippen LogP contribution in [0.25, 0.3) is 5.69 Å². The van der Waals surface area contributed by atoms with Gasteiger partial charge in [0.05, 0.1) is 44.5 Å². The van der Waals surface area contributed by atoms with Crippen molar-refractivity contribution in [3.63, 3.8) is 0 Å². The summed E-state index contributed by atoms with van der Waals surface area (Å²) in [6.07, 6.45) is 1.62. The molecule has 3 rings (SSSR count). The molecule has 0 fully saturated rings. The summed E-state index contributed by atoms with van der Waals surface area (Å²) < 4.78 is 17.5. The first-order valence-electron chi connectivity index (χ1n) is 9.37. The molecular formula is C22H24N4O5. The van der Waals surface area contributed by atoms with E-state index in [-0.39, 0.29) is 22.9 Å². The summed E-state index contributed by atoms with van der Waals surface area (Å²) in [4.78, 5) is 27.2. The van der Waals surface area contributed by atoms with Crippen molar-refractivity contribution in [1.82, 2.24) is 14.7 Å². The minimum absolute atomic E-state index is 0.0735. The summed E-state index contributed by atoms with van der Waals surface area (Å²) in [6, 6.07) is 12.4. The Balaban J connectivity index is 2.01. The molecule has 2 amide bonds. The Morgan fingerprint density at radius 2 is 1.55 bits per heavy atom. The van der Waals surface area contributed by atoms with Gasteiger partial charge in [-0.1, -0.05) is 18.2 Å². The largest absolute Gasteiger partial charge is 0.493 e. The number of amides is 2. The number of hydrogen-bond donors (Lipinski definition) is 1. The molecule has 0 unspecified atom stereocenters. The summed E-state index contributed by atoms with van der Waals surface area (Å²) in [5, 5.41) is 7.11. The molecule has 2 aromatic carbocycles. The van der Waals surface area contributed by atoms with Crippen LogP contribution in [0.1, 0.15) is 20.8 Å². The monoisotopic (exact) mass is 424 g/mol. The van der Waals surface area contributed by atoms with Crippen molar-refractivity contribution in [2.75, 3.05) is 40.7 Å². The number of aromatic nitrogens is 2. The van der Waals surface area contributed by atoms with Crippen LogP contribution in [0.3, 0.4) is 0 Å². The minimum Gasteiger partial charge on any atom is -0.493 e. The number of benzene rings is 2. The first kappa shape index (κ1) is 21.7. The minimum atomic E-state index is -0.536. The lowest BCUT2D eigenvalue weighted by Gasteiger charge is -2.17. The van der Waals surface area contributed by atoms with Gasteiger partial charge in [-0.2, -0.15) is 5.10 Å². The van der Waals surface area contributed by atoms with E-state index in [0.717, 1.165) is 5.69 Å². The van der Waals surface area contributed by atoms with E-state index in [1.165, 1.54) is 38.4 Å². The predicted molar refractivity (Wildman–Crippen MR) is 116 cm³/mol. The van der Waals surface area contributed by atoms with Crippen LogP contribution in [0.2, 0.25) is 0 Å². The van der Waals surface area contributed by atoms with Gasteiger partial charge < -0.3 is 24.4 Å². The molecule has 0 radical (unpaired) electrons. The molecule has 0 bridgehead atoms. The molecule has 162 valence electrons. The van der Waals surface area contributed by atoms with Gasteiger partial charge in [-0.25, -0.2) is 4.68 Å². The fraction of sp³-hybridized carbons (Fsp3) is 0.227. The van der Waals surface area contributed by atoms with Crippen LogP contribution in [0, 0.1) is 0 Å². The molecule has 0 saturated carbocycles. The van der Waals surface area contributed by atoms with Gasteiger partial charge >= 0.3 is 0 Å². The Kier molecular flexibility index (Phi) is 6.44. The average molecular weight is 424 g/mol. The number of methoxy groups -OCH3 is 3. The fourth-order valence-corrected chi connectivity index (χ4v) is 2.96. The zero-order valence-corrected chi connectivity index (χ0v) is 18.0. The molecule has 9 heteroatoms. The quantitative estimate of drug-likeness (QED) is 0.627. The van der Waals surface area contributed by atoms with Crippen LogP contribution in [-0.2, 0) is 0 Å². The maximum absolute atomic E-state index is 13.1. The lowest BCUT2D eigenvalue weighted by Crippen LogP contribution is -2.24. The number of ether oxygens (including phenoxy) is 3. The molecule has 0 saturated heterocycles. The highest BCUT2D eigenvalue weighted by atomic mass is 16.5. The van der Waals surface area contributed by atoms with Gasteiger partial charge in [0, 0.05) is 20.2 Å². The SMILES string of the molecule is COc1cc(NC(=O)c2nn(-c3ccccc3)cc2OC)c(C(=O)N(C)C)cc1OC. The number of anilines is 1. The van der Waals surface area contributed by atoms with E-state index in [2.05, 4.69) is 10.4 Å². The number of carbonyl (C=O) groups excluding carboxylic acids is 2. The van der Waals surface area contributed by atoms with E-state index < -0.39 is 5.91 Å². The summed E-state index contributed by atoms with van der Waals surface area (Å²) in [7, 11) is 7.65. The van der Waals surface area contributed by atoms with Crippen molar-refractivity contribution < 1.29 is 23.8 Å². The zero-order valence-electron chi connectivity index (χ0n) is 18.0. The Bertz CT molecular complexity index is 1090. The third kappa shape index (κ3) is 4.45. The van der Waals surface area contributed by atoms with Gasteiger partial charge in [0.25, 0.3) is 11.8 Å². The predicted octanol–water partition coefficient (Wildman–Crippen LogP) is 2.85. The summed E-state index contributed by atoms with van der Waals surface area (Å²) >= 11 is 0. The third-order valence-electron chi connectivity index (χ3n) is 4.54. The van der Waals surface area contributed by atoms with Crippen molar-refractivity contribution >= 4 is 17.5 Å². The van der Waals surface area contributed by atoms with Crippen molar-refractivity contribution in [2.45, 2.75) is 0 Å². The fourth-order valence-electron chi connectivity index (χ4n) is 2.96. The van der Waals surface area contributed by atoms with E-state index in [4.69, 9.17) is 14.2 Å². The normalized spacial score (nSPS) is 10.4. The van der Waals surface area contributed by atoms with Crippen LogP contribution in [0.15, 0.2) is 48.7 Å². The molecule has 9 nitrogen and oxygen atoms in total.